The zero-order valence-corrected chi connectivity index (χ0v) is 17.3. The third-order valence-electron chi connectivity index (χ3n) is 4.21. The second-order valence-electron chi connectivity index (χ2n) is 6.45. The lowest BCUT2D eigenvalue weighted by Crippen LogP contribution is -2.38. The third-order valence-corrected chi connectivity index (χ3v) is 6.25. The first-order chi connectivity index (χ1) is 14.2. The number of carbonyl (C=O) groups is 1. The summed E-state index contributed by atoms with van der Waals surface area (Å²) in [5.74, 6) is -2.84. The highest BCUT2D eigenvalue weighted by Crippen LogP contribution is 2.26. The van der Waals surface area contributed by atoms with Crippen LogP contribution in [-0.4, -0.2) is 20.9 Å². The van der Waals surface area contributed by atoms with Gasteiger partial charge in [0.15, 0.2) is 0 Å². The molecule has 0 unspecified atom stereocenters. The molecule has 9 heteroatoms. The van der Waals surface area contributed by atoms with Gasteiger partial charge in [0.2, 0.25) is 5.91 Å². The maximum absolute atomic E-state index is 13.9. The molecule has 0 bridgehead atoms. The van der Waals surface area contributed by atoms with Crippen LogP contribution in [0.5, 0.6) is 0 Å². The maximum atomic E-state index is 13.9. The average molecular weight is 451 g/mol. The summed E-state index contributed by atoms with van der Waals surface area (Å²) < 4.78 is 55.1. The number of carbonyl (C=O) groups excluding carboxylic acids is 1. The number of aryl methyl sites for hydroxylation is 1. The van der Waals surface area contributed by atoms with Gasteiger partial charge in [-0.05, 0) is 61.0 Å². The van der Waals surface area contributed by atoms with Gasteiger partial charge < -0.3 is 5.32 Å². The number of nitrogens with zero attached hydrogens (tertiary/aromatic N) is 1. The molecule has 1 N–H and O–H groups in total. The van der Waals surface area contributed by atoms with E-state index < -0.39 is 39.8 Å². The van der Waals surface area contributed by atoms with Gasteiger partial charge in [-0.15, -0.1) is 0 Å². The molecule has 0 fully saturated rings. The predicted molar refractivity (Wildman–Crippen MR) is 112 cm³/mol. The van der Waals surface area contributed by atoms with Crippen molar-refractivity contribution >= 4 is 38.9 Å². The fourth-order valence-electron chi connectivity index (χ4n) is 2.76. The lowest BCUT2D eigenvalue weighted by molar-refractivity contribution is -0.114. The Bertz CT molecular complexity index is 1160. The Morgan fingerprint density at radius 3 is 2.20 bits per heavy atom. The van der Waals surface area contributed by atoms with Gasteiger partial charge in [-0.2, -0.15) is 0 Å². The molecule has 0 aliphatic heterocycles. The number of amides is 1. The summed E-state index contributed by atoms with van der Waals surface area (Å²) in [7, 11) is -4.17. The molecule has 0 saturated carbocycles. The summed E-state index contributed by atoms with van der Waals surface area (Å²) in [6, 6.07) is 15.1. The van der Waals surface area contributed by atoms with Crippen LogP contribution in [0.15, 0.2) is 71.6 Å². The lowest BCUT2D eigenvalue weighted by Gasteiger charge is -2.24. The number of sulfonamides is 1. The minimum atomic E-state index is -4.17. The second kappa shape index (κ2) is 8.81. The largest absolute Gasteiger partial charge is 0.320 e. The Labute approximate surface area is 178 Å². The Balaban J connectivity index is 1.98. The van der Waals surface area contributed by atoms with Gasteiger partial charge in [0.05, 0.1) is 10.6 Å². The summed E-state index contributed by atoms with van der Waals surface area (Å²) in [6.07, 6.45) is 0. The molecule has 5 nitrogen and oxygen atoms in total. The molecular weight excluding hydrogens is 434 g/mol. The normalized spacial score (nSPS) is 11.2. The smallest absolute Gasteiger partial charge is 0.264 e. The van der Waals surface area contributed by atoms with Gasteiger partial charge in [0.25, 0.3) is 10.0 Å². The number of hydrogen-bond acceptors (Lipinski definition) is 3. The molecule has 0 radical (unpaired) electrons. The average Bonchev–Trinajstić information content (AvgIpc) is 2.69. The number of hydrogen-bond donors (Lipinski definition) is 1. The van der Waals surface area contributed by atoms with E-state index in [9.17, 15) is 22.0 Å². The number of nitrogens with one attached hydrogen (secondary N) is 1. The summed E-state index contributed by atoms with van der Waals surface area (Å²) in [5.41, 5.74) is 0.356. The van der Waals surface area contributed by atoms with Gasteiger partial charge in [0.1, 0.15) is 23.9 Å². The van der Waals surface area contributed by atoms with E-state index in [0.717, 1.165) is 28.1 Å². The number of anilines is 2. The first kappa shape index (κ1) is 21.7. The number of para-hydroxylation sites is 1. The number of benzene rings is 3. The van der Waals surface area contributed by atoms with Crippen molar-refractivity contribution in [1.29, 1.82) is 0 Å². The van der Waals surface area contributed by atoms with Gasteiger partial charge in [-0.3, -0.25) is 9.10 Å². The Morgan fingerprint density at radius 1 is 1.00 bits per heavy atom. The van der Waals surface area contributed by atoms with E-state index in [1.165, 1.54) is 30.3 Å². The van der Waals surface area contributed by atoms with Crippen LogP contribution in [-0.2, 0) is 14.8 Å². The lowest BCUT2D eigenvalue weighted by atomic mass is 10.2. The quantitative estimate of drug-likeness (QED) is 0.588. The Kier molecular flexibility index (Phi) is 6.38. The minimum absolute atomic E-state index is 0.0849. The van der Waals surface area contributed by atoms with Crippen molar-refractivity contribution in [2.24, 2.45) is 0 Å². The molecule has 0 atom stereocenters. The standard InChI is InChI=1S/C21H17ClF2N2O3S/c1-14-4-2-5-16(12-14)26(30(28,29)17-10-8-15(22)9-11-17)13-20(27)25-21-18(23)6-3-7-19(21)24/h2-12H,13H2,1H3,(H,25,27). The first-order valence-electron chi connectivity index (χ1n) is 8.77. The van der Waals surface area contributed by atoms with Crippen LogP contribution in [0.3, 0.4) is 0 Å². The van der Waals surface area contributed by atoms with Crippen LogP contribution in [0, 0.1) is 18.6 Å². The number of halogens is 3. The van der Waals surface area contributed by atoms with E-state index in [1.54, 1.807) is 25.1 Å². The summed E-state index contributed by atoms with van der Waals surface area (Å²) in [6.45, 7) is 1.08. The first-order valence-corrected chi connectivity index (χ1v) is 10.6. The molecule has 1 amide bonds. The SMILES string of the molecule is Cc1cccc(N(CC(=O)Nc2c(F)cccc2F)S(=O)(=O)c2ccc(Cl)cc2)c1. The van der Waals surface area contributed by atoms with E-state index in [4.69, 9.17) is 11.6 Å². The van der Waals surface area contributed by atoms with Crippen molar-refractivity contribution in [3.63, 3.8) is 0 Å². The zero-order valence-electron chi connectivity index (χ0n) is 15.8. The summed E-state index contributed by atoms with van der Waals surface area (Å²) >= 11 is 5.84. The highest BCUT2D eigenvalue weighted by molar-refractivity contribution is 7.92. The molecule has 0 aliphatic carbocycles. The van der Waals surface area contributed by atoms with E-state index in [-0.39, 0.29) is 10.6 Å². The highest BCUT2D eigenvalue weighted by Gasteiger charge is 2.28. The van der Waals surface area contributed by atoms with Gasteiger partial charge in [0, 0.05) is 5.02 Å². The fourth-order valence-corrected chi connectivity index (χ4v) is 4.30. The van der Waals surface area contributed by atoms with Gasteiger partial charge >= 0.3 is 0 Å². The summed E-state index contributed by atoms with van der Waals surface area (Å²) in [4.78, 5) is 12.5. The molecule has 0 aliphatic rings. The van der Waals surface area contributed by atoms with Crippen LogP contribution in [0.1, 0.15) is 5.56 Å². The molecule has 0 spiro atoms. The van der Waals surface area contributed by atoms with Crippen molar-refractivity contribution < 1.29 is 22.0 Å². The van der Waals surface area contributed by atoms with Crippen molar-refractivity contribution in [2.75, 3.05) is 16.2 Å². The predicted octanol–water partition coefficient (Wildman–Crippen LogP) is 4.76. The molecule has 3 rings (SSSR count). The second-order valence-corrected chi connectivity index (χ2v) is 8.75. The number of rotatable bonds is 6. The zero-order chi connectivity index (χ0) is 21.9. The van der Waals surface area contributed by atoms with E-state index >= 15 is 0 Å². The molecule has 0 saturated heterocycles. The molecule has 30 heavy (non-hydrogen) atoms. The van der Waals surface area contributed by atoms with Crippen LogP contribution in [0.25, 0.3) is 0 Å². The Hall–Kier alpha value is -2.97. The van der Waals surface area contributed by atoms with Gasteiger partial charge in [-0.1, -0.05) is 29.8 Å². The topological polar surface area (TPSA) is 66.5 Å². The van der Waals surface area contributed by atoms with Crippen LogP contribution >= 0.6 is 11.6 Å². The molecular formula is C21H17ClF2N2O3S. The Morgan fingerprint density at radius 2 is 1.60 bits per heavy atom. The fraction of sp³-hybridized carbons (Fsp3) is 0.0952. The molecule has 156 valence electrons. The van der Waals surface area contributed by atoms with Crippen LogP contribution < -0.4 is 9.62 Å². The van der Waals surface area contributed by atoms with Crippen molar-refractivity contribution in [2.45, 2.75) is 11.8 Å². The monoisotopic (exact) mass is 450 g/mol. The molecule has 3 aromatic carbocycles. The summed E-state index contributed by atoms with van der Waals surface area (Å²) in [5, 5.41) is 2.46. The maximum Gasteiger partial charge on any atom is 0.264 e. The van der Waals surface area contributed by atoms with Crippen molar-refractivity contribution in [1.82, 2.24) is 0 Å². The molecule has 3 aromatic rings. The van der Waals surface area contributed by atoms with E-state index in [0.29, 0.717) is 5.02 Å². The van der Waals surface area contributed by atoms with Crippen molar-refractivity contribution in [3.05, 3.63) is 89.0 Å². The van der Waals surface area contributed by atoms with Gasteiger partial charge in [-0.25, -0.2) is 17.2 Å². The molecule has 0 aromatic heterocycles. The molecule has 0 heterocycles. The van der Waals surface area contributed by atoms with Crippen LogP contribution in [0.4, 0.5) is 20.2 Å². The minimum Gasteiger partial charge on any atom is -0.320 e. The highest BCUT2D eigenvalue weighted by atomic mass is 35.5. The van der Waals surface area contributed by atoms with E-state index in [1.807, 2.05) is 0 Å². The van der Waals surface area contributed by atoms with E-state index in [2.05, 4.69) is 5.32 Å². The third kappa shape index (κ3) is 4.77. The van der Waals surface area contributed by atoms with Crippen molar-refractivity contribution in [3.8, 4) is 0 Å². The van der Waals surface area contributed by atoms with Crippen LogP contribution in [0.2, 0.25) is 5.02 Å².